The van der Waals surface area contributed by atoms with E-state index in [-0.39, 0.29) is 11.5 Å². The predicted molar refractivity (Wildman–Crippen MR) is 83.3 cm³/mol. The van der Waals surface area contributed by atoms with E-state index in [2.05, 4.69) is 30.3 Å². The molecule has 1 saturated carbocycles. The van der Waals surface area contributed by atoms with Crippen LogP contribution >= 0.6 is 0 Å². The van der Waals surface area contributed by atoms with Gasteiger partial charge in [-0.25, -0.2) is 4.79 Å². The third-order valence-electron chi connectivity index (χ3n) is 4.85. The van der Waals surface area contributed by atoms with Crippen LogP contribution in [0.2, 0.25) is 0 Å². The average Bonchev–Trinajstić information content (AvgIpc) is 2.78. The zero-order chi connectivity index (χ0) is 15.1. The molecule has 3 heteroatoms. The molecule has 0 radical (unpaired) electrons. The summed E-state index contributed by atoms with van der Waals surface area (Å²) in [6, 6.07) is 10.6. The van der Waals surface area contributed by atoms with Gasteiger partial charge in [0.2, 0.25) is 0 Å². The van der Waals surface area contributed by atoms with Gasteiger partial charge in [-0.1, -0.05) is 36.8 Å². The minimum Gasteiger partial charge on any atom is -0.444 e. The molecule has 1 aromatic rings. The molecule has 0 aromatic heterocycles. The summed E-state index contributed by atoms with van der Waals surface area (Å²) < 4.78 is 5.55. The number of hydrogen-bond donors (Lipinski definition) is 0. The molecule has 3 nitrogen and oxygen atoms in total. The van der Waals surface area contributed by atoms with Gasteiger partial charge in [-0.3, -0.25) is 0 Å². The van der Waals surface area contributed by atoms with Crippen LogP contribution < -0.4 is 0 Å². The van der Waals surface area contributed by atoms with Crippen LogP contribution in [0.4, 0.5) is 4.79 Å². The highest BCUT2D eigenvalue weighted by Crippen LogP contribution is 2.55. The summed E-state index contributed by atoms with van der Waals surface area (Å²) in [6.07, 6.45) is 3.58. The summed E-state index contributed by atoms with van der Waals surface area (Å²) in [6.45, 7) is 7.42. The normalized spacial score (nSPS) is 24.0. The van der Waals surface area contributed by atoms with Gasteiger partial charge < -0.3 is 9.64 Å². The van der Waals surface area contributed by atoms with Gasteiger partial charge in [0.1, 0.15) is 5.60 Å². The van der Waals surface area contributed by atoms with Gasteiger partial charge in [-0.05, 0) is 44.6 Å². The molecular weight excluding hydrogens is 262 g/mol. The Balaban J connectivity index is 1.78. The summed E-state index contributed by atoms with van der Waals surface area (Å²) in [5, 5.41) is 0. The van der Waals surface area contributed by atoms with Crippen molar-refractivity contribution in [1.29, 1.82) is 0 Å². The minimum absolute atomic E-state index is 0.160. The van der Waals surface area contributed by atoms with Crippen molar-refractivity contribution in [3.63, 3.8) is 0 Å². The quantitative estimate of drug-likeness (QED) is 0.775. The van der Waals surface area contributed by atoms with Crippen molar-refractivity contribution < 1.29 is 9.53 Å². The van der Waals surface area contributed by atoms with Crippen LogP contribution in [0.15, 0.2) is 30.3 Å². The van der Waals surface area contributed by atoms with Crippen LogP contribution in [-0.2, 0) is 4.74 Å². The molecule has 0 N–H and O–H groups in total. The van der Waals surface area contributed by atoms with E-state index in [9.17, 15) is 4.79 Å². The molecular formula is C18H25NO2. The Morgan fingerprint density at radius 1 is 1.24 bits per heavy atom. The van der Waals surface area contributed by atoms with E-state index in [1.807, 2.05) is 25.7 Å². The molecule has 114 valence electrons. The van der Waals surface area contributed by atoms with Gasteiger partial charge in [-0.2, -0.15) is 0 Å². The van der Waals surface area contributed by atoms with Crippen molar-refractivity contribution in [2.75, 3.05) is 13.1 Å². The molecule has 0 unspecified atom stereocenters. The number of nitrogens with zero attached hydrogens (tertiary/aromatic N) is 1. The van der Waals surface area contributed by atoms with E-state index >= 15 is 0 Å². The maximum atomic E-state index is 12.4. The SMILES string of the molecule is CC(C)(C)OC(=O)N1C[C@@H](c2ccccc2)C2(CCC2)C1. The lowest BCUT2D eigenvalue weighted by Crippen LogP contribution is -2.39. The van der Waals surface area contributed by atoms with E-state index in [0.717, 1.165) is 13.1 Å². The van der Waals surface area contributed by atoms with Crippen molar-refractivity contribution in [3.05, 3.63) is 35.9 Å². The van der Waals surface area contributed by atoms with E-state index in [1.165, 1.54) is 24.8 Å². The number of carbonyl (C=O) groups excluding carboxylic acids is 1. The van der Waals surface area contributed by atoms with Gasteiger partial charge in [0, 0.05) is 19.0 Å². The number of hydrogen-bond acceptors (Lipinski definition) is 2. The second-order valence-electron chi connectivity index (χ2n) is 7.54. The number of amides is 1. The first-order chi connectivity index (χ1) is 9.90. The molecule has 3 rings (SSSR count). The fourth-order valence-electron chi connectivity index (χ4n) is 3.72. The maximum Gasteiger partial charge on any atom is 0.410 e. The molecule has 21 heavy (non-hydrogen) atoms. The van der Waals surface area contributed by atoms with Crippen LogP contribution in [0.25, 0.3) is 0 Å². The Labute approximate surface area is 127 Å². The lowest BCUT2D eigenvalue weighted by Gasteiger charge is -2.43. The summed E-state index contributed by atoms with van der Waals surface area (Å²) in [5.74, 6) is 0.458. The third kappa shape index (κ3) is 2.78. The molecule has 1 heterocycles. The van der Waals surface area contributed by atoms with Crippen molar-refractivity contribution in [1.82, 2.24) is 4.90 Å². The lowest BCUT2D eigenvalue weighted by atomic mass is 9.61. The summed E-state index contributed by atoms with van der Waals surface area (Å²) in [5.41, 5.74) is 1.23. The van der Waals surface area contributed by atoms with E-state index in [4.69, 9.17) is 4.74 Å². The van der Waals surface area contributed by atoms with E-state index in [0.29, 0.717) is 5.92 Å². The summed E-state index contributed by atoms with van der Waals surface area (Å²) >= 11 is 0. The molecule has 0 bridgehead atoms. The average molecular weight is 287 g/mol. The third-order valence-corrected chi connectivity index (χ3v) is 4.85. The van der Waals surface area contributed by atoms with Crippen molar-refractivity contribution in [2.45, 2.75) is 51.6 Å². The van der Waals surface area contributed by atoms with Crippen LogP contribution in [0.5, 0.6) is 0 Å². The maximum absolute atomic E-state index is 12.4. The molecule has 1 amide bonds. The highest BCUT2D eigenvalue weighted by molar-refractivity contribution is 5.69. The fourth-order valence-corrected chi connectivity index (χ4v) is 3.72. The van der Waals surface area contributed by atoms with E-state index < -0.39 is 5.60 Å². The zero-order valence-corrected chi connectivity index (χ0v) is 13.3. The fraction of sp³-hybridized carbons (Fsp3) is 0.611. The Bertz CT molecular complexity index is 514. The molecule has 2 fully saturated rings. The van der Waals surface area contributed by atoms with Crippen molar-refractivity contribution in [2.24, 2.45) is 5.41 Å². The van der Waals surface area contributed by atoms with Crippen LogP contribution in [-0.4, -0.2) is 29.7 Å². The number of benzene rings is 1. The second-order valence-corrected chi connectivity index (χ2v) is 7.54. The van der Waals surface area contributed by atoms with Crippen LogP contribution in [0, 0.1) is 5.41 Å². The first-order valence-corrected chi connectivity index (χ1v) is 7.93. The predicted octanol–water partition coefficient (Wildman–Crippen LogP) is 4.19. The highest BCUT2D eigenvalue weighted by atomic mass is 16.6. The standard InChI is InChI=1S/C18H25NO2/c1-17(2,3)21-16(20)19-12-15(14-8-5-4-6-9-14)18(13-19)10-7-11-18/h4-6,8-9,15H,7,10-13H2,1-3H3/t15-/m0/s1. The van der Waals surface area contributed by atoms with E-state index in [1.54, 1.807) is 0 Å². The van der Waals surface area contributed by atoms with Gasteiger partial charge in [0.05, 0.1) is 0 Å². The van der Waals surface area contributed by atoms with Crippen LogP contribution in [0.1, 0.15) is 51.5 Å². The van der Waals surface area contributed by atoms with Crippen molar-refractivity contribution >= 4 is 6.09 Å². The Morgan fingerprint density at radius 3 is 2.43 bits per heavy atom. The number of ether oxygens (including phenoxy) is 1. The molecule has 1 aliphatic heterocycles. The largest absolute Gasteiger partial charge is 0.444 e. The highest BCUT2D eigenvalue weighted by Gasteiger charge is 2.52. The Hall–Kier alpha value is -1.51. The number of rotatable bonds is 1. The van der Waals surface area contributed by atoms with Gasteiger partial charge in [0.15, 0.2) is 0 Å². The van der Waals surface area contributed by atoms with Gasteiger partial charge in [-0.15, -0.1) is 0 Å². The topological polar surface area (TPSA) is 29.5 Å². The summed E-state index contributed by atoms with van der Waals surface area (Å²) in [4.78, 5) is 14.3. The molecule has 1 saturated heterocycles. The Kier molecular flexibility index (Phi) is 3.46. The first-order valence-electron chi connectivity index (χ1n) is 7.93. The van der Waals surface area contributed by atoms with Gasteiger partial charge >= 0.3 is 6.09 Å². The molecule has 1 spiro atoms. The first kappa shape index (κ1) is 14.4. The van der Waals surface area contributed by atoms with Crippen molar-refractivity contribution in [3.8, 4) is 0 Å². The van der Waals surface area contributed by atoms with Crippen LogP contribution in [0.3, 0.4) is 0 Å². The lowest BCUT2D eigenvalue weighted by molar-refractivity contribution is 0.0244. The molecule has 1 atom stereocenters. The Morgan fingerprint density at radius 2 is 1.90 bits per heavy atom. The molecule has 2 aliphatic rings. The molecule has 1 aliphatic carbocycles. The second kappa shape index (κ2) is 5.04. The number of carbonyl (C=O) groups is 1. The van der Waals surface area contributed by atoms with Gasteiger partial charge in [0.25, 0.3) is 0 Å². The summed E-state index contributed by atoms with van der Waals surface area (Å²) in [7, 11) is 0. The molecule has 1 aromatic carbocycles. The zero-order valence-electron chi connectivity index (χ0n) is 13.3. The minimum atomic E-state index is -0.422. The monoisotopic (exact) mass is 287 g/mol. The number of likely N-dealkylation sites (tertiary alicyclic amines) is 1. The smallest absolute Gasteiger partial charge is 0.410 e.